The van der Waals surface area contributed by atoms with E-state index in [0.717, 1.165) is 31.0 Å². The van der Waals surface area contributed by atoms with E-state index in [0.29, 0.717) is 6.04 Å². The standard InChI is InChI=1S/C16H35N3/c1-13(2)10-17-11-16(14(3)4)19-9-7-8-15(19)12-18(5)6/h13-17H,7-12H2,1-6H3. The largest absolute Gasteiger partial charge is 0.315 e. The van der Waals surface area contributed by atoms with Crippen molar-refractivity contribution in [2.45, 2.75) is 52.6 Å². The Morgan fingerprint density at radius 2 is 1.84 bits per heavy atom. The van der Waals surface area contributed by atoms with Crippen molar-refractivity contribution < 1.29 is 0 Å². The molecular formula is C16H35N3. The van der Waals surface area contributed by atoms with Crippen LogP contribution in [0.5, 0.6) is 0 Å². The van der Waals surface area contributed by atoms with Crippen LogP contribution in [0.25, 0.3) is 0 Å². The SMILES string of the molecule is CC(C)CNCC(C(C)C)N1CCCC1CN(C)C. The molecular weight excluding hydrogens is 234 g/mol. The van der Waals surface area contributed by atoms with Gasteiger partial charge in [-0.25, -0.2) is 0 Å². The first kappa shape index (κ1) is 16.9. The summed E-state index contributed by atoms with van der Waals surface area (Å²) >= 11 is 0. The fraction of sp³-hybridized carbons (Fsp3) is 1.00. The molecule has 0 amide bonds. The van der Waals surface area contributed by atoms with Crippen LogP contribution in [0.15, 0.2) is 0 Å². The summed E-state index contributed by atoms with van der Waals surface area (Å²) in [6.07, 6.45) is 2.73. The summed E-state index contributed by atoms with van der Waals surface area (Å²) in [5.41, 5.74) is 0. The minimum absolute atomic E-state index is 0.686. The topological polar surface area (TPSA) is 18.5 Å². The minimum Gasteiger partial charge on any atom is -0.315 e. The van der Waals surface area contributed by atoms with Gasteiger partial charge in [0.05, 0.1) is 0 Å². The van der Waals surface area contributed by atoms with Gasteiger partial charge in [0.2, 0.25) is 0 Å². The fourth-order valence-corrected chi connectivity index (χ4v) is 3.17. The Balaban J connectivity index is 2.53. The summed E-state index contributed by atoms with van der Waals surface area (Å²) in [6, 6.07) is 1.44. The molecule has 1 saturated heterocycles. The molecule has 2 atom stereocenters. The van der Waals surface area contributed by atoms with Gasteiger partial charge in [0.15, 0.2) is 0 Å². The molecule has 0 aromatic carbocycles. The molecule has 1 aliphatic rings. The van der Waals surface area contributed by atoms with Gasteiger partial charge in [-0.15, -0.1) is 0 Å². The highest BCUT2D eigenvalue weighted by atomic mass is 15.3. The van der Waals surface area contributed by atoms with Crippen LogP contribution in [-0.4, -0.2) is 62.2 Å². The Bertz CT molecular complexity index is 238. The molecule has 3 nitrogen and oxygen atoms in total. The van der Waals surface area contributed by atoms with Crippen molar-refractivity contribution in [3.63, 3.8) is 0 Å². The molecule has 0 radical (unpaired) electrons. The summed E-state index contributed by atoms with van der Waals surface area (Å²) in [7, 11) is 4.38. The Morgan fingerprint density at radius 3 is 2.37 bits per heavy atom. The summed E-state index contributed by atoms with van der Waals surface area (Å²) in [5.74, 6) is 1.46. The van der Waals surface area contributed by atoms with Crippen LogP contribution < -0.4 is 5.32 Å². The van der Waals surface area contributed by atoms with Crippen LogP contribution in [0.2, 0.25) is 0 Å². The number of nitrogens with zero attached hydrogens (tertiary/aromatic N) is 2. The van der Waals surface area contributed by atoms with E-state index in [4.69, 9.17) is 0 Å². The van der Waals surface area contributed by atoms with Gasteiger partial charge < -0.3 is 10.2 Å². The maximum absolute atomic E-state index is 3.66. The van der Waals surface area contributed by atoms with E-state index in [-0.39, 0.29) is 0 Å². The molecule has 114 valence electrons. The maximum atomic E-state index is 3.66. The summed E-state index contributed by atoms with van der Waals surface area (Å²) in [5, 5.41) is 3.66. The first-order chi connectivity index (χ1) is 8.91. The summed E-state index contributed by atoms with van der Waals surface area (Å²) < 4.78 is 0. The van der Waals surface area contributed by atoms with Crippen molar-refractivity contribution >= 4 is 0 Å². The molecule has 0 spiro atoms. The molecule has 0 aromatic rings. The highest BCUT2D eigenvalue weighted by Gasteiger charge is 2.32. The average molecular weight is 269 g/mol. The first-order valence-electron chi connectivity index (χ1n) is 8.03. The van der Waals surface area contributed by atoms with Crippen molar-refractivity contribution in [2.24, 2.45) is 11.8 Å². The molecule has 1 rings (SSSR count). The lowest BCUT2D eigenvalue weighted by atomic mass is 10.0. The van der Waals surface area contributed by atoms with Gasteiger partial charge in [-0.3, -0.25) is 4.90 Å². The van der Waals surface area contributed by atoms with Gasteiger partial charge in [-0.05, 0) is 51.9 Å². The molecule has 1 fully saturated rings. The second-order valence-corrected chi connectivity index (χ2v) is 7.16. The molecule has 0 saturated carbocycles. The fourth-order valence-electron chi connectivity index (χ4n) is 3.17. The smallest absolute Gasteiger partial charge is 0.0247 e. The van der Waals surface area contributed by atoms with Crippen molar-refractivity contribution in [1.82, 2.24) is 15.1 Å². The third-order valence-electron chi connectivity index (χ3n) is 4.10. The molecule has 0 bridgehead atoms. The zero-order chi connectivity index (χ0) is 14.4. The molecule has 1 N–H and O–H groups in total. The quantitative estimate of drug-likeness (QED) is 0.729. The second-order valence-electron chi connectivity index (χ2n) is 7.16. The molecule has 0 aliphatic carbocycles. The lowest BCUT2D eigenvalue weighted by Crippen LogP contribution is -2.50. The Hall–Kier alpha value is -0.120. The third-order valence-corrected chi connectivity index (χ3v) is 4.10. The normalized spacial score (nSPS) is 22.9. The summed E-state index contributed by atoms with van der Waals surface area (Å²) in [6.45, 7) is 14.1. The van der Waals surface area contributed by atoms with Gasteiger partial charge in [-0.2, -0.15) is 0 Å². The van der Waals surface area contributed by atoms with E-state index >= 15 is 0 Å². The van der Waals surface area contributed by atoms with E-state index in [2.05, 4.69) is 56.9 Å². The number of hydrogen-bond acceptors (Lipinski definition) is 3. The van der Waals surface area contributed by atoms with Crippen LogP contribution in [0.4, 0.5) is 0 Å². The number of likely N-dealkylation sites (N-methyl/N-ethyl adjacent to an activating group) is 1. The number of nitrogens with one attached hydrogen (secondary N) is 1. The van der Waals surface area contributed by atoms with E-state index in [9.17, 15) is 0 Å². The third kappa shape index (κ3) is 5.80. The van der Waals surface area contributed by atoms with Crippen LogP contribution in [0, 0.1) is 11.8 Å². The van der Waals surface area contributed by atoms with E-state index in [1.807, 2.05) is 0 Å². The minimum atomic E-state index is 0.686. The Labute approximate surface area is 120 Å². The first-order valence-corrected chi connectivity index (χ1v) is 8.03. The van der Waals surface area contributed by atoms with Gasteiger partial charge in [-0.1, -0.05) is 27.7 Å². The average Bonchev–Trinajstić information content (AvgIpc) is 2.70. The van der Waals surface area contributed by atoms with E-state index in [1.54, 1.807) is 0 Å². The molecule has 2 unspecified atom stereocenters. The van der Waals surface area contributed by atoms with Gasteiger partial charge in [0.25, 0.3) is 0 Å². The molecule has 3 heteroatoms. The van der Waals surface area contributed by atoms with Gasteiger partial charge in [0, 0.05) is 25.2 Å². The molecule has 19 heavy (non-hydrogen) atoms. The van der Waals surface area contributed by atoms with Gasteiger partial charge >= 0.3 is 0 Å². The predicted octanol–water partition coefficient (Wildman–Crippen LogP) is 2.28. The van der Waals surface area contributed by atoms with Crippen LogP contribution >= 0.6 is 0 Å². The second kappa shape index (κ2) is 8.23. The van der Waals surface area contributed by atoms with Crippen LogP contribution in [0.1, 0.15) is 40.5 Å². The molecule has 0 aromatic heterocycles. The highest BCUT2D eigenvalue weighted by Crippen LogP contribution is 2.24. The number of likely N-dealkylation sites (tertiary alicyclic amines) is 1. The monoisotopic (exact) mass is 269 g/mol. The Kier molecular flexibility index (Phi) is 7.33. The van der Waals surface area contributed by atoms with Gasteiger partial charge in [0.1, 0.15) is 0 Å². The zero-order valence-corrected chi connectivity index (χ0v) is 13.9. The predicted molar refractivity (Wildman–Crippen MR) is 84.6 cm³/mol. The lowest BCUT2D eigenvalue weighted by molar-refractivity contribution is 0.118. The number of hydrogen-bond donors (Lipinski definition) is 1. The van der Waals surface area contributed by atoms with Crippen LogP contribution in [-0.2, 0) is 0 Å². The molecule has 1 heterocycles. The van der Waals surface area contributed by atoms with Crippen molar-refractivity contribution in [3.8, 4) is 0 Å². The lowest BCUT2D eigenvalue weighted by Gasteiger charge is -2.37. The van der Waals surface area contributed by atoms with E-state index < -0.39 is 0 Å². The van der Waals surface area contributed by atoms with Crippen LogP contribution in [0.3, 0.4) is 0 Å². The maximum Gasteiger partial charge on any atom is 0.0247 e. The summed E-state index contributed by atoms with van der Waals surface area (Å²) in [4.78, 5) is 5.10. The Morgan fingerprint density at radius 1 is 1.16 bits per heavy atom. The van der Waals surface area contributed by atoms with Crippen molar-refractivity contribution in [3.05, 3.63) is 0 Å². The van der Waals surface area contributed by atoms with Crippen molar-refractivity contribution in [2.75, 3.05) is 40.3 Å². The zero-order valence-electron chi connectivity index (χ0n) is 13.9. The highest BCUT2D eigenvalue weighted by molar-refractivity contribution is 4.88. The molecule has 1 aliphatic heterocycles. The van der Waals surface area contributed by atoms with E-state index in [1.165, 1.54) is 25.9 Å². The number of rotatable bonds is 8. The van der Waals surface area contributed by atoms with Crippen molar-refractivity contribution in [1.29, 1.82) is 0 Å².